The van der Waals surface area contributed by atoms with Gasteiger partial charge in [0.2, 0.25) is 0 Å². The van der Waals surface area contributed by atoms with E-state index in [1.807, 2.05) is 0 Å². The molecule has 0 fully saturated rings. The average molecular weight is 166 g/mol. The molecule has 10 heavy (non-hydrogen) atoms. The molecule has 0 nitrogen and oxygen atoms in total. The fraction of sp³-hybridized carbons (Fsp3) is 0. The highest BCUT2D eigenvalue weighted by Gasteiger charge is 2.00. The topological polar surface area (TPSA) is 0 Å². The molecule has 0 bridgehead atoms. The van der Waals surface area contributed by atoms with Gasteiger partial charge >= 0.3 is 0 Å². The van der Waals surface area contributed by atoms with E-state index in [2.05, 4.69) is 36.2 Å². The molecule has 0 aliphatic carbocycles. The van der Waals surface area contributed by atoms with Gasteiger partial charge in [0, 0.05) is 0 Å². The van der Waals surface area contributed by atoms with Crippen molar-refractivity contribution in [3.8, 4) is 0 Å². The van der Waals surface area contributed by atoms with Crippen molar-refractivity contribution in [3.05, 3.63) is 35.6 Å². The fourth-order valence-corrected chi connectivity index (χ4v) is 3.65. The first-order valence-corrected chi connectivity index (χ1v) is 6.32. The van der Waals surface area contributed by atoms with E-state index in [4.69, 9.17) is 0 Å². The highest BCUT2D eigenvalue weighted by atomic mass is 32.0. The van der Waals surface area contributed by atoms with E-state index in [9.17, 15) is 0 Å². The molecule has 0 aromatic heterocycles. The van der Waals surface area contributed by atoms with Gasteiger partial charge in [-0.1, -0.05) is 52.7 Å². The zero-order valence-electron chi connectivity index (χ0n) is 5.46. The van der Waals surface area contributed by atoms with Crippen LogP contribution in [0.4, 0.5) is 0 Å². The Bertz CT molecular complexity index is 266. The highest BCUT2D eigenvalue weighted by molar-refractivity contribution is 8.16. The largest absolute Gasteiger partial charge is 0.0712 e. The van der Waals surface area contributed by atoms with Crippen molar-refractivity contribution < 1.29 is 0 Å². The smallest absolute Gasteiger partial charge is 0.0155 e. The van der Waals surface area contributed by atoms with Gasteiger partial charge in [-0.3, -0.25) is 0 Å². The summed E-state index contributed by atoms with van der Waals surface area (Å²) in [5, 5.41) is 1.53. The zero-order chi connectivity index (χ0) is 6.81. The van der Waals surface area contributed by atoms with E-state index in [1.54, 1.807) is 0 Å². The minimum Gasteiger partial charge on any atom is -0.0712 e. The van der Waals surface area contributed by atoms with Crippen LogP contribution in [-0.4, -0.2) is 0 Å². The summed E-state index contributed by atoms with van der Waals surface area (Å²) in [6, 6.07) is 8.63. The maximum absolute atomic E-state index is 2.28. The van der Waals surface area contributed by atoms with Crippen LogP contribution >= 0.6 is 16.5 Å². The quantitative estimate of drug-likeness (QED) is 0.519. The number of rotatable bonds is 0. The van der Waals surface area contributed by atoms with E-state index in [1.165, 1.54) is 10.9 Å². The lowest BCUT2D eigenvalue weighted by atomic mass is 10.2. The summed E-state index contributed by atoms with van der Waals surface area (Å²) in [5.41, 5.74) is 1.42. The first-order chi connectivity index (χ1) is 4.97. The van der Waals surface area contributed by atoms with E-state index >= 15 is 0 Å². The third-order valence-corrected chi connectivity index (χ3v) is 4.46. The molecule has 1 aliphatic heterocycles. The molecule has 2 atom stereocenters. The monoisotopic (exact) mass is 166 g/mol. The third-order valence-electron chi connectivity index (χ3n) is 1.51. The van der Waals surface area contributed by atoms with Crippen molar-refractivity contribution in [2.45, 2.75) is 0 Å². The SMILES string of the molecule is C1=Cc2ccccc2PP1. The van der Waals surface area contributed by atoms with Gasteiger partial charge in [-0.2, -0.15) is 0 Å². The van der Waals surface area contributed by atoms with Crippen LogP contribution in [0.1, 0.15) is 5.56 Å². The second-order valence-electron chi connectivity index (χ2n) is 2.19. The Kier molecular flexibility index (Phi) is 1.84. The highest BCUT2D eigenvalue weighted by Crippen LogP contribution is 2.41. The molecule has 1 heterocycles. The number of benzene rings is 1. The van der Waals surface area contributed by atoms with E-state index < -0.39 is 0 Å². The van der Waals surface area contributed by atoms with Crippen molar-refractivity contribution in [3.63, 3.8) is 0 Å². The Labute approximate surface area is 64.2 Å². The van der Waals surface area contributed by atoms with Crippen LogP contribution in [0.25, 0.3) is 6.08 Å². The van der Waals surface area contributed by atoms with Crippen molar-refractivity contribution in [2.24, 2.45) is 0 Å². The molecular formula is C8H8P2. The molecule has 0 amide bonds. The standard InChI is InChI=1S/C8H8P2/c1-2-4-8-7(3-1)5-6-9-10-8/h1-6,9-10H. The molecule has 0 saturated carbocycles. The maximum atomic E-state index is 2.28. The number of hydrogen-bond acceptors (Lipinski definition) is 0. The molecule has 1 aromatic rings. The van der Waals surface area contributed by atoms with Crippen molar-refractivity contribution in [1.82, 2.24) is 0 Å². The first-order valence-electron chi connectivity index (χ1n) is 3.24. The fourth-order valence-electron chi connectivity index (χ4n) is 1.01. The number of fused-ring (bicyclic) bond motifs is 1. The molecule has 2 unspecified atom stereocenters. The molecule has 0 radical (unpaired) electrons. The van der Waals surface area contributed by atoms with E-state index in [0.717, 1.165) is 16.5 Å². The van der Waals surface area contributed by atoms with Gasteiger partial charge in [-0.25, -0.2) is 0 Å². The Morgan fingerprint density at radius 3 is 2.90 bits per heavy atom. The minimum absolute atomic E-state index is 1.01. The average Bonchev–Trinajstić information content (AvgIpc) is 2.05. The Morgan fingerprint density at radius 1 is 1.10 bits per heavy atom. The van der Waals surface area contributed by atoms with Crippen LogP contribution in [0.2, 0.25) is 0 Å². The van der Waals surface area contributed by atoms with Crippen molar-refractivity contribution >= 4 is 27.9 Å². The van der Waals surface area contributed by atoms with Crippen LogP contribution in [0.5, 0.6) is 0 Å². The second-order valence-corrected chi connectivity index (χ2v) is 5.22. The van der Waals surface area contributed by atoms with E-state index in [0.29, 0.717) is 0 Å². The molecular weight excluding hydrogens is 158 g/mol. The molecule has 50 valence electrons. The summed E-state index contributed by atoms with van der Waals surface area (Å²) in [6.45, 7) is 0. The Balaban J connectivity index is 2.54. The minimum atomic E-state index is 1.01. The van der Waals surface area contributed by atoms with Gasteiger partial charge in [0.1, 0.15) is 0 Å². The van der Waals surface area contributed by atoms with Crippen molar-refractivity contribution in [2.75, 3.05) is 0 Å². The Morgan fingerprint density at radius 2 is 2.00 bits per heavy atom. The Hall–Kier alpha value is -0.180. The second kappa shape index (κ2) is 2.82. The summed E-state index contributed by atoms with van der Waals surface area (Å²) >= 11 is 0. The van der Waals surface area contributed by atoms with Gasteiger partial charge in [-0.05, 0) is 10.9 Å². The third kappa shape index (κ3) is 1.15. The summed E-state index contributed by atoms with van der Waals surface area (Å²) in [5.74, 6) is 2.28. The predicted octanol–water partition coefficient (Wildman–Crippen LogP) is 2.57. The van der Waals surface area contributed by atoms with Gasteiger partial charge < -0.3 is 0 Å². The van der Waals surface area contributed by atoms with Gasteiger partial charge in [0.25, 0.3) is 0 Å². The molecule has 0 spiro atoms. The molecule has 2 rings (SSSR count). The molecule has 1 aliphatic rings. The van der Waals surface area contributed by atoms with Gasteiger partial charge in [0.05, 0.1) is 0 Å². The maximum Gasteiger partial charge on any atom is -0.0155 e. The van der Waals surface area contributed by atoms with Crippen LogP contribution in [0.3, 0.4) is 0 Å². The first kappa shape index (κ1) is 6.53. The lowest BCUT2D eigenvalue weighted by Crippen LogP contribution is -1.97. The zero-order valence-corrected chi connectivity index (χ0v) is 7.46. The van der Waals surface area contributed by atoms with Crippen LogP contribution in [-0.2, 0) is 0 Å². The van der Waals surface area contributed by atoms with Gasteiger partial charge in [0.15, 0.2) is 0 Å². The lowest BCUT2D eigenvalue weighted by molar-refractivity contribution is 1.73. The molecule has 0 saturated heterocycles. The number of hydrogen-bond donors (Lipinski definition) is 0. The normalized spacial score (nSPS) is 19.6. The summed E-state index contributed by atoms with van der Waals surface area (Å²) < 4.78 is 0. The van der Waals surface area contributed by atoms with Crippen LogP contribution in [0, 0.1) is 0 Å². The van der Waals surface area contributed by atoms with Gasteiger partial charge in [-0.15, -0.1) is 0 Å². The summed E-state index contributed by atoms with van der Waals surface area (Å²) in [4.78, 5) is 0. The van der Waals surface area contributed by atoms with Crippen LogP contribution < -0.4 is 5.30 Å². The molecule has 2 heteroatoms. The summed E-state index contributed by atoms with van der Waals surface area (Å²) in [7, 11) is 2.03. The van der Waals surface area contributed by atoms with Crippen LogP contribution in [0.15, 0.2) is 30.1 Å². The van der Waals surface area contributed by atoms with Crippen molar-refractivity contribution in [1.29, 1.82) is 0 Å². The predicted molar refractivity (Wildman–Crippen MR) is 51.7 cm³/mol. The molecule has 0 N–H and O–H groups in total. The lowest BCUT2D eigenvalue weighted by Gasteiger charge is -2.08. The molecule has 1 aromatic carbocycles. The summed E-state index contributed by atoms with van der Waals surface area (Å²) in [6.07, 6.45) is 2.23. The van der Waals surface area contributed by atoms with E-state index in [-0.39, 0.29) is 0 Å².